The van der Waals surface area contributed by atoms with E-state index in [-0.39, 0.29) is 0 Å². The van der Waals surface area contributed by atoms with Crippen LogP contribution in [0.15, 0.2) is 83.8 Å². The molecule has 0 radical (unpaired) electrons. The first-order valence-electron chi connectivity index (χ1n) is 9.94. The first-order chi connectivity index (χ1) is 15.1. The fourth-order valence-corrected chi connectivity index (χ4v) is 3.54. The molecule has 0 fully saturated rings. The van der Waals surface area contributed by atoms with Gasteiger partial charge in [0.1, 0.15) is 11.0 Å². The summed E-state index contributed by atoms with van der Waals surface area (Å²) >= 11 is 0. The third-order valence-electron chi connectivity index (χ3n) is 4.36. The highest BCUT2D eigenvalue weighted by atomic mass is 32.2. The van der Waals surface area contributed by atoms with E-state index in [9.17, 15) is 9.00 Å². The molecule has 0 spiro atoms. The molecule has 3 aromatic rings. The molecule has 3 aromatic carbocycles. The van der Waals surface area contributed by atoms with Crippen LogP contribution in [-0.4, -0.2) is 17.3 Å². The number of ether oxygens (including phenoxy) is 1. The molecular weight excluding hydrogens is 408 g/mol. The number of hydrogen-bond acceptors (Lipinski definition) is 4. The molecule has 1 N–H and O–H groups in total. The summed E-state index contributed by atoms with van der Waals surface area (Å²) in [5, 5.41) is 8.73. The van der Waals surface area contributed by atoms with Gasteiger partial charge < -0.3 is 4.74 Å². The SMILES string of the molecule is CCCc1ccccc1.COC(=O)c1ccc(S(=O)NCc2ccc(C#N)cc2)cc1. The standard InChI is InChI=1S/C16H14N2O3S.C9H12/c1-21-16(19)14-6-8-15(9-7-14)22(20)18-11-13-4-2-12(10-17)3-5-13;1-2-6-9-7-4-3-5-8-9/h2-9,18H,11H2,1H3;3-5,7-8H,2,6H2,1H3. The summed E-state index contributed by atoms with van der Waals surface area (Å²) in [6.45, 7) is 2.62. The van der Waals surface area contributed by atoms with Crippen LogP contribution in [0, 0.1) is 11.3 Å². The molecule has 1 atom stereocenters. The van der Waals surface area contributed by atoms with E-state index in [2.05, 4.69) is 46.7 Å². The molecule has 0 aromatic heterocycles. The number of rotatable bonds is 7. The van der Waals surface area contributed by atoms with Crippen LogP contribution in [0.5, 0.6) is 0 Å². The lowest BCUT2D eigenvalue weighted by Crippen LogP contribution is -2.16. The van der Waals surface area contributed by atoms with Gasteiger partial charge in [-0.2, -0.15) is 5.26 Å². The zero-order valence-corrected chi connectivity index (χ0v) is 18.5. The number of hydrogen-bond donors (Lipinski definition) is 1. The Morgan fingerprint density at radius 2 is 1.61 bits per heavy atom. The largest absolute Gasteiger partial charge is 0.465 e. The highest BCUT2D eigenvalue weighted by Crippen LogP contribution is 2.10. The van der Waals surface area contributed by atoms with Crippen molar-refractivity contribution in [3.05, 3.63) is 101 Å². The van der Waals surface area contributed by atoms with Crippen LogP contribution in [-0.2, 0) is 28.7 Å². The Balaban J connectivity index is 0.000000316. The minimum Gasteiger partial charge on any atom is -0.465 e. The Kier molecular flexibility index (Phi) is 10.2. The van der Waals surface area contributed by atoms with Crippen molar-refractivity contribution in [1.82, 2.24) is 4.72 Å². The van der Waals surface area contributed by atoms with Gasteiger partial charge in [-0.25, -0.2) is 13.7 Å². The average Bonchev–Trinajstić information content (AvgIpc) is 2.83. The Labute approximate surface area is 186 Å². The van der Waals surface area contributed by atoms with Gasteiger partial charge in [-0.05, 0) is 53.9 Å². The predicted octanol–water partition coefficient (Wildman–Crippen LogP) is 4.80. The minimum absolute atomic E-state index is 0.412. The molecule has 31 heavy (non-hydrogen) atoms. The number of nitriles is 1. The molecule has 0 aliphatic carbocycles. The molecule has 0 heterocycles. The molecule has 3 rings (SSSR count). The number of benzene rings is 3. The lowest BCUT2D eigenvalue weighted by atomic mass is 10.1. The first kappa shape index (κ1) is 24.0. The maximum atomic E-state index is 12.1. The maximum Gasteiger partial charge on any atom is 0.337 e. The number of esters is 1. The van der Waals surface area contributed by atoms with E-state index in [4.69, 9.17) is 5.26 Å². The molecule has 0 saturated heterocycles. The molecule has 5 nitrogen and oxygen atoms in total. The van der Waals surface area contributed by atoms with E-state index in [1.165, 1.54) is 25.5 Å². The van der Waals surface area contributed by atoms with Crippen molar-refractivity contribution in [2.24, 2.45) is 0 Å². The summed E-state index contributed by atoms with van der Waals surface area (Å²) in [7, 11) is -0.0686. The lowest BCUT2D eigenvalue weighted by Gasteiger charge is -2.06. The van der Waals surface area contributed by atoms with E-state index in [1.807, 2.05) is 18.2 Å². The van der Waals surface area contributed by atoms with Gasteiger partial charge in [0, 0.05) is 6.54 Å². The number of nitrogens with one attached hydrogen (secondary N) is 1. The Morgan fingerprint density at radius 1 is 0.968 bits per heavy atom. The predicted molar refractivity (Wildman–Crippen MR) is 123 cm³/mol. The summed E-state index contributed by atoms with van der Waals surface area (Å²) < 4.78 is 19.6. The zero-order valence-electron chi connectivity index (χ0n) is 17.7. The molecule has 0 aliphatic rings. The lowest BCUT2D eigenvalue weighted by molar-refractivity contribution is 0.0600. The molecule has 0 aliphatic heterocycles. The highest BCUT2D eigenvalue weighted by Gasteiger charge is 2.08. The van der Waals surface area contributed by atoms with Crippen LogP contribution < -0.4 is 4.72 Å². The van der Waals surface area contributed by atoms with Crippen molar-refractivity contribution in [3.63, 3.8) is 0 Å². The fraction of sp³-hybridized carbons (Fsp3) is 0.200. The van der Waals surface area contributed by atoms with Gasteiger partial charge in [0.25, 0.3) is 0 Å². The van der Waals surface area contributed by atoms with Gasteiger partial charge in [0.15, 0.2) is 0 Å². The highest BCUT2D eigenvalue weighted by molar-refractivity contribution is 7.83. The second-order valence-corrected chi connectivity index (χ2v) is 7.95. The van der Waals surface area contributed by atoms with Crippen LogP contribution >= 0.6 is 0 Å². The summed E-state index contributed by atoms with van der Waals surface area (Å²) in [5.41, 5.74) is 3.37. The monoisotopic (exact) mass is 434 g/mol. The van der Waals surface area contributed by atoms with Crippen LogP contribution in [0.2, 0.25) is 0 Å². The maximum absolute atomic E-state index is 12.1. The smallest absolute Gasteiger partial charge is 0.337 e. The number of aryl methyl sites for hydroxylation is 1. The molecule has 0 amide bonds. The summed E-state index contributed by atoms with van der Waals surface area (Å²) in [6, 6.07) is 26.0. The number of carbonyl (C=O) groups is 1. The Bertz CT molecular complexity index is 1010. The summed E-state index contributed by atoms with van der Waals surface area (Å²) in [6.07, 6.45) is 2.45. The fourth-order valence-electron chi connectivity index (χ4n) is 2.70. The van der Waals surface area contributed by atoms with Crippen LogP contribution in [0.3, 0.4) is 0 Å². The van der Waals surface area contributed by atoms with Crippen LogP contribution in [0.25, 0.3) is 0 Å². The summed E-state index contributed by atoms with van der Waals surface area (Å²) in [4.78, 5) is 11.9. The topological polar surface area (TPSA) is 79.2 Å². The van der Waals surface area contributed by atoms with E-state index in [0.717, 1.165) is 5.56 Å². The molecular formula is C25H26N2O3S. The third-order valence-corrected chi connectivity index (χ3v) is 5.47. The van der Waals surface area contributed by atoms with Gasteiger partial charge in [0.2, 0.25) is 0 Å². The molecule has 0 bridgehead atoms. The van der Waals surface area contributed by atoms with Crippen LogP contribution in [0.4, 0.5) is 0 Å². The normalized spacial score (nSPS) is 10.9. The van der Waals surface area contributed by atoms with Gasteiger partial charge in [-0.15, -0.1) is 0 Å². The number of carbonyl (C=O) groups excluding carboxylic acids is 1. The van der Waals surface area contributed by atoms with E-state index >= 15 is 0 Å². The molecule has 6 heteroatoms. The minimum atomic E-state index is -1.38. The quantitative estimate of drug-likeness (QED) is 0.542. The van der Waals surface area contributed by atoms with Crippen molar-refractivity contribution < 1.29 is 13.7 Å². The van der Waals surface area contributed by atoms with Crippen molar-refractivity contribution in [2.45, 2.75) is 31.2 Å². The molecule has 1 unspecified atom stereocenters. The second kappa shape index (κ2) is 13.1. The van der Waals surface area contributed by atoms with Crippen LogP contribution in [0.1, 0.15) is 40.4 Å². The molecule has 0 saturated carbocycles. The van der Waals surface area contributed by atoms with Crippen molar-refractivity contribution in [2.75, 3.05) is 7.11 Å². The van der Waals surface area contributed by atoms with Crippen molar-refractivity contribution >= 4 is 17.0 Å². The Morgan fingerprint density at radius 3 is 2.16 bits per heavy atom. The van der Waals surface area contributed by atoms with E-state index in [0.29, 0.717) is 22.6 Å². The number of nitrogens with zero attached hydrogens (tertiary/aromatic N) is 1. The van der Waals surface area contributed by atoms with E-state index in [1.54, 1.807) is 36.4 Å². The van der Waals surface area contributed by atoms with Crippen molar-refractivity contribution in [1.29, 1.82) is 5.26 Å². The zero-order chi connectivity index (χ0) is 22.5. The summed E-state index contributed by atoms with van der Waals surface area (Å²) in [5.74, 6) is -0.428. The van der Waals surface area contributed by atoms with Gasteiger partial charge in [-0.3, -0.25) is 0 Å². The number of methoxy groups -OCH3 is 1. The van der Waals surface area contributed by atoms with Gasteiger partial charge >= 0.3 is 5.97 Å². The van der Waals surface area contributed by atoms with Gasteiger partial charge in [0.05, 0.1) is 29.2 Å². The van der Waals surface area contributed by atoms with Crippen molar-refractivity contribution in [3.8, 4) is 6.07 Å². The van der Waals surface area contributed by atoms with Gasteiger partial charge in [-0.1, -0.05) is 55.8 Å². The second-order valence-electron chi connectivity index (χ2n) is 6.65. The molecule has 160 valence electrons. The average molecular weight is 435 g/mol. The first-order valence-corrected chi connectivity index (χ1v) is 11.1. The van der Waals surface area contributed by atoms with E-state index < -0.39 is 17.0 Å². The third kappa shape index (κ3) is 8.17. The Hall–Kier alpha value is -3.27.